The highest BCUT2D eigenvalue weighted by atomic mass is 35.5. The first-order valence-corrected chi connectivity index (χ1v) is 4.07. The van der Waals surface area contributed by atoms with E-state index < -0.39 is 17.7 Å². The average Bonchev–Trinajstić information content (AvgIpc) is 2.09. The Morgan fingerprint density at radius 3 is 2.64 bits per heavy atom. The minimum absolute atomic E-state index is 0.154. The van der Waals surface area contributed by atoms with E-state index in [0.717, 1.165) is 6.07 Å². The van der Waals surface area contributed by atoms with Crippen molar-refractivity contribution in [2.45, 2.75) is 5.92 Å². The molecule has 0 aromatic heterocycles. The van der Waals surface area contributed by atoms with Gasteiger partial charge in [0, 0.05) is 10.6 Å². The average molecular weight is 217 g/mol. The van der Waals surface area contributed by atoms with E-state index in [0.29, 0.717) is 0 Å². The summed E-state index contributed by atoms with van der Waals surface area (Å²) in [6.07, 6.45) is 0.175. The van der Waals surface area contributed by atoms with Crippen LogP contribution in [0.2, 0.25) is 5.02 Å². The fourth-order valence-corrected chi connectivity index (χ4v) is 1.18. The van der Waals surface area contributed by atoms with Gasteiger partial charge in [-0.25, -0.2) is 4.39 Å². The normalized spacial score (nSPS) is 12.1. The standard InChI is InChI=1S/C9H6ClFO3/c10-5-1-2-6(8(11)3-5)7(4-12)9(13)14/h1-4,7H,(H,13,14). The number of benzene rings is 1. The first kappa shape index (κ1) is 10.7. The Labute approximate surface area is 84.1 Å². The lowest BCUT2D eigenvalue weighted by Gasteiger charge is -2.06. The summed E-state index contributed by atoms with van der Waals surface area (Å²) in [5.74, 6) is -3.66. The number of aldehydes is 1. The van der Waals surface area contributed by atoms with Gasteiger partial charge in [0.1, 0.15) is 18.0 Å². The first-order chi connectivity index (χ1) is 6.56. The SMILES string of the molecule is O=CC(C(=O)O)c1ccc(Cl)cc1F. The summed E-state index contributed by atoms with van der Waals surface area (Å²) in [4.78, 5) is 20.9. The zero-order valence-electron chi connectivity index (χ0n) is 6.91. The number of rotatable bonds is 3. The Hall–Kier alpha value is -1.42. The fourth-order valence-electron chi connectivity index (χ4n) is 1.02. The minimum atomic E-state index is -1.48. The fraction of sp³-hybridized carbons (Fsp3) is 0.111. The van der Waals surface area contributed by atoms with E-state index in [-0.39, 0.29) is 16.9 Å². The van der Waals surface area contributed by atoms with Gasteiger partial charge in [-0.3, -0.25) is 4.79 Å². The van der Waals surface area contributed by atoms with Crippen LogP contribution in [-0.2, 0) is 9.59 Å². The van der Waals surface area contributed by atoms with Crippen molar-refractivity contribution in [3.8, 4) is 0 Å². The molecule has 14 heavy (non-hydrogen) atoms. The van der Waals surface area contributed by atoms with E-state index in [1.807, 2.05) is 0 Å². The van der Waals surface area contributed by atoms with Gasteiger partial charge in [-0.05, 0) is 12.1 Å². The van der Waals surface area contributed by atoms with Crippen molar-refractivity contribution in [2.24, 2.45) is 0 Å². The van der Waals surface area contributed by atoms with Gasteiger partial charge in [0.15, 0.2) is 0 Å². The second-order valence-electron chi connectivity index (χ2n) is 2.62. The molecule has 74 valence electrons. The van der Waals surface area contributed by atoms with Crippen LogP contribution in [-0.4, -0.2) is 17.4 Å². The van der Waals surface area contributed by atoms with Crippen molar-refractivity contribution in [1.29, 1.82) is 0 Å². The molecule has 1 N–H and O–H groups in total. The molecule has 0 bridgehead atoms. The molecule has 0 aliphatic carbocycles. The van der Waals surface area contributed by atoms with Crippen LogP contribution in [0.1, 0.15) is 11.5 Å². The number of hydrogen-bond donors (Lipinski definition) is 1. The summed E-state index contributed by atoms with van der Waals surface area (Å²) in [6.45, 7) is 0. The smallest absolute Gasteiger partial charge is 0.318 e. The molecule has 3 nitrogen and oxygen atoms in total. The van der Waals surface area contributed by atoms with Crippen LogP contribution in [0.4, 0.5) is 4.39 Å². The topological polar surface area (TPSA) is 54.4 Å². The lowest BCUT2D eigenvalue weighted by Crippen LogP contribution is -2.14. The van der Waals surface area contributed by atoms with Crippen molar-refractivity contribution in [3.05, 3.63) is 34.6 Å². The largest absolute Gasteiger partial charge is 0.480 e. The third-order valence-corrected chi connectivity index (χ3v) is 1.93. The molecule has 0 heterocycles. The van der Waals surface area contributed by atoms with Gasteiger partial charge >= 0.3 is 5.97 Å². The molecule has 5 heteroatoms. The van der Waals surface area contributed by atoms with Crippen molar-refractivity contribution >= 4 is 23.9 Å². The molecule has 1 aromatic carbocycles. The molecular formula is C9H6ClFO3. The number of carboxylic acid groups (broad SMARTS) is 1. The maximum absolute atomic E-state index is 13.1. The lowest BCUT2D eigenvalue weighted by molar-refractivity contribution is -0.140. The van der Waals surface area contributed by atoms with Gasteiger partial charge in [-0.15, -0.1) is 0 Å². The molecule has 0 saturated heterocycles. The van der Waals surface area contributed by atoms with Crippen LogP contribution < -0.4 is 0 Å². The molecule has 0 radical (unpaired) electrons. The van der Waals surface area contributed by atoms with E-state index in [9.17, 15) is 14.0 Å². The van der Waals surface area contributed by atoms with Crippen LogP contribution in [0.25, 0.3) is 0 Å². The summed E-state index contributed by atoms with van der Waals surface area (Å²) in [7, 11) is 0. The third kappa shape index (κ3) is 2.09. The molecule has 1 atom stereocenters. The Morgan fingerprint density at radius 1 is 1.57 bits per heavy atom. The molecule has 0 aliphatic heterocycles. The number of aliphatic carboxylic acids is 1. The van der Waals surface area contributed by atoms with Gasteiger partial charge in [0.2, 0.25) is 0 Å². The lowest BCUT2D eigenvalue weighted by atomic mass is 10.0. The van der Waals surface area contributed by atoms with E-state index in [1.54, 1.807) is 0 Å². The summed E-state index contributed by atoms with van der Waals surface area (Å²) >= 11 is 5.47. The van der Waals surface area contributed by atoms with Gasteiger partial charge in [0.25, 0.3) is 0 Å². The molecular weight excluding hydrogens is 211 g/mol. The highest BCUT2D eigenvalue weighted by Crippen LogP contribution is 2.21. The molecule has 1 unspecified atom stereocenters. The monoisotopic (exact) mass is 216 g/mol. The Kier molecular flexibility index (Phi) is 3.19. The van der Waals surface area contributed by atoms with E-state index in [1.165, 1.54) is 12.1 Å². The number of carboxylic acids is 1. The zero-order valence-corrected chi connectivity index (χ0v) is 7.66. The first-order valence-electron chi connectivity index (χ1n) is 3.69. The third-order valence-electron chi connectivity index (χ3n) is 1.70. The van der Waals surface area contributed by atoms with Crippen molar-refractivity contribution in [1.82, 2.24) is 0 Å². The predicted octanol–water partition coefficient (Wildman–Crippen LogP) is 1.85. The number of hydrogen-bond acceptors (Lipinski definition) is 2. The number of halogens is 2. The molecule has 1 rings (SSSR count). The van der Waals surface area contributed by atoms with Gasteiger partial charge < -0.3 is 9.90 Å². The quantitative estimate of drug-likeness (QED) is 0.620. The number of carbonyl (C=O) groups is 2. The van der Waals surface area contributed by atoms with Crippen LogP contribution >= 0.6 is 11.6 Å². The minimum Gasteiger partial charge on any atom is -0.480 e. The van der Waals surface area contributed by atoms with Crippen molar-refractivity contribution in [3.63, 3.8) is 0 Å². The zero-order chi connectivity index (χ0) is 10.7. The second kappa shape index (κ2) is 4.19. The summed E-state index contributed by atoms with van der Waals surface area (Å²) < 4.78 is 13.1. The Morgan fingerprint density at radius 2 is 2.21 bits per heavy atom. The van der Waals surface area contributed by atoms with Crippen molar-refractivity contribution < 1.29 is 19.1 Å². The predicted molar refractivity (Wildman–Crippen MR) is 47.9 cm³/mol. The molecule has 0 saturated carbocycles. The van der Waals surface area contributed by atoms with Crippen molar-refractivity contribution in [2.75, 3.05) is 0 Å². The van der Waals surface area contributed by atoms with E-state index in [4.69, 9.17) is 16.7 Å². The molecule has 1 aromatic rings. The number of carbonyl (C=O) groups excluding carboxylic acids is 1. The van der Waals surface area contributed by atoms with Gasteiger partial charge in [-0.2, -0.15) is 0 Å². The van der Waals surface area contributed by atoms with Gasteiger partial charge in [-0.1, -0.05) is 17.7 Å². The van der Waals surface area contributed by atoms with Gasteiger partial charge in [0.05, 0.1) is 0 Å². The van der Waals surface area contributed by atoms with Crippen LogP contribution in [0, 0.1) is 5.82 Å². The van der Waals surface area contributed by atoms with E-state index in [2.05, 4.69) is 0 Å². The second-order valence-corrected chi connectivity index (χ2v) is 3.05. The molecule has 0 fully saturated rings. The van der Waals surface area contributed by atoms with Crippen LogP contribution in [0.5, 0.6) is 0 Å². The summed E-state index contributed by atoms with van der Waals surface area (Å²) in [6, 6.07) is 3.49. The molecule has 0 spiro atoms. The molecule has 0 aliphatic rings. The summed E-state index contributed by atoms with van der Waals surface area (Å²) in [5.41, 5.74) is -0.183. The highest BCUT2D eigenvalue weighted by molar-refractivity contribution is 6.30. The maximum atomic E-state index is 13.1. The molecule has 0 amide bonds. The summed E-state index contributed by atoms with van der Waals surface area (Å²) in [5, 5.41) is 8.74. The van der Waals surface area contributed by atoms with Crippen LogP contribution in [0.3, 0.4) is 0 Å². The van der Waals surface area contributed by atoms with Crippen LogP contribution in [0.15, 0.2) is 18.2 Å². The maximum Gasteiger partial charge on any atom is 0.318 e. The highest BCUT2D eigenvalue weighted by Gasteiger charge is 2.22. The Bertz CT molecular complexity index is 378. The Balaban J connectivity index is 3.17. The van der Waals surface area contributed by atoms with E-state index >= 15 is 0 Å².